The summed E-state index contributed by atoms with van der Waals surface area (Å²) in [6, 6.07) is 4.90. The summed E-state index contributed by atoms with van der Waals surface area (Å²) in [6.07, 6.45) is 8.33. The van der Waals surface area contributed by atoms with Crippen LogP contribution in [0.4, 0.5) is 0 Å². The molecular weight excluding hydrogens is 290 g/mol. The number of hydrogen-bond donors (Lipinski definition) is 3. The first-order valence-corrected chi connectivity index (χ1v) is 8.00. The van der Waals surface area contributed by atoms with Crippen LogP contribution in [0.15, 0.2) is 18.3 Å². The molecule has 2 aliphatic carbocycles. The minimum absolute atomic E-state index is 0.520. The van der Waals surface area contributed by atoms with E-state index in [-0.39, 0.29) is 0 Å². The van der Waals surface area contributed by atoms with E-state index < -0.39 is 0 Å². The SMILES string of the molecule is NC1CC1.O=Cc1cn[nH]c1-c1nc2cc3c(cc2[nH]1)CCC3. The van der Waals surface area contributed by atoms with Crippen molar-refractivity contribution in [3.8, 4) is 11.5 Å². The Kier molecular flexibility index (Phi) is 3.46. The molecule has 1 aromatic carbocycles. The van der Waals surface area contributed by atoms with Crippen molar-refractivity contribution in [3.63, 3.8) is 0 Å². The van der Waals surface area contributed by atoms with E-state index in [0.29, 0.717) is 23.1 Å². The number of hydrogen-bond acceptors (Lipinski definition) is 4. The Hall–Kier alpha value is -2.47. The number of benzene rings is 1. The molecule has 0 bridgehead atoms. The third-order valence-electron chi connectivity index (χ3n) is 4.35. The van der Waals surface area contributed by atoms with Crippen LogP contribution in [0, 0.1) is 0 Å². The van der Waals surface area contributed by atoms with Crippen LogP contribution in [0.25, 0.3) is 22.6 Å². The van der Waals surface area contributed by atoms with E-state index in [0.717, 1.165) is 30.2 Å². The molecule has 1 fully saturated rings. The Morgan fingerprint density at radius 2 is 1.96 bits per heavy atom. The molecule has 0 spiro atoms. The molecule has 2 aromatic heterocycles. The number of aromatic nitrogens is 4. The summed E-state index contributed by atoms with van der Waals surface area (Å²) in [6.45, 7) is 0. The minimum atomic E-state index is 0.520. The van der Waals surface area contributed by atoms with Gasteiger partial charge in [-0.1, -0.05) is 0 Å². The van der Waals surface area contributed by atoms with Crippen molar-refractivity contribution in [1.82, 2.24) is 20.2 Å². The Morgan fingerprint density at radius 1 is 1.22 bits per heavy atom. The molecule has 2 aliphatic rings. The number of carbonyl (C=O) groups excluding carboxylic acids is 1. The molecule has 0 radical (unpaired) electrons. The third-order valence-corrected chi connectivity index (χ3v) is 4.35. The van der Waals surface area contributed by atoms with Crippen LogP contribution in [0.3, 0.4) is 0 Å². The largest absolute Gasteiger partial charge is 0.337 e. The van der Waals surface area contributed by atoms with Crippen LogP contribution >= 0.6 is 0 Å². The highest BCUT2D eigenvalue weighted by Gasteiger charge is 2.16. The van der Waals surface area contributed by atoms with E-state index in [2.05, 4.69) is 32.3 Å². The van der Waals surface area contributed by atoms with Gasteiger partial charge in [-0.25, -0.2) is 4.98 Å². The highest BCUT2D eigenvalue weighted by Crippen LogP contribution is 2.28. The molecule has 4 N–H and O–H groups in total. The fraction of sp³-hybridized carbons (Fsp3) is 0.353. The number of nitrogens with zero attached hydrogens (tertiary/aromatic N) is 2. The van der Waals surface area contributed by atoms with Gasteiger partial charge in [-0.05, 0) is 55.4 Å². The van der Waals surface area contributed by atoms with Gasteiger partial charge in [-0.2, -0.15) is 5.10 Å². The molecule has 0 atom stereocenters. The quantitative estimate of drug-likeness (QED) is 0.633. The van der Waals surface area contributed by atoms with Gasteiger partial charge in [-0.15, -0.1) is 0 Å². The predicted octanol–water partition coefficient (Wildman–Crippen LogP) is 2.36. The van der Waals surface area contributed by atoms with E-state index in [9.17, 15) is 4.79 Å². The summed E-state index contributed by atoms with van der Waals surface area (Å²) in [5.74, 6) is 0.665. The first-order chi connectivity index (χ1) is 11.2. The van der Waals surface area contributed by atoms with Gasteiger partial charge in [0.1, 0.15) is 5.69 Å². The minimum Gasteiger partial charge on any atom is -0.337 e. The fourth-order valence-corrected chi connectivity index (χ4v) is 2.87. The summed E-state index contributed by atoms with van der Waals surface area (Å²) in [5, 5.41) is 6.70. The molecule has 1 saturated carbocycles. The first-order valence-electron chi connectivity index (χ1n) is 8.00. The number of carbonyl (C=O) groups is 1. The van der Waals surface area contributed by atoms with Crippen molar-refractivity contribution >= 4 is 17.3 Å². The summed E-state index contributed by atoms with van der Waals surface area (Å²) < 4.78 is 0. The number of nitrogens with one attached hydrogen (secondary N) is 2. The van der Waals surface area contributed by atoms with Gasteiger partial charge in [0.25, 0.3) is 0 Å². The average Bonchev–Trinajstić information content (AvgIpc) is 3.02. The molecule has 6 nitrogen and oxygen atoms in total. The van der Waals surface area contributed by atoms with Crippen molar-refractivity contribution in [2.45, 2.75) is 38.1 Å². The zero-order valence-electron chi connectivity index (χ0n) is 12.8. The predicted molar refractivity (Wildman–Crippen MR) is 88.3 cm³/mol. The molecule has 0 unspecified atom stereocenters. The van der Waals surface area contributed by atoms with Gasteiger partial charge in [0.15, 0.2) is 12.1 Å². The summed E-state index contributed by atoms with van der Waals surface area (Å²) >= 11 is 0. The number of imidazole rings is 1. The summed E-state index contributed by atoms with van der Waals surface area (Å²) in [4.78, 5) is 18.8. The zero-order valence-corrected chi connectivity index (χ0v) is 12.8. The van der Waals surface area contributed by atoms with E-state index in [4.69, 9.17) is 5.73 Å². The summed E-state index contributed by atoms with van der Waals surface area (Å²) in [7, 11) is 0. The zero-order chi connectivity index (χ0) is 15.8. The first kappa shape index (κ1) is 14.1. The fourth-order valence-electron chi connectivity index (χ4n) is 2.87. The normalized spacial score (nSPS) is 16.0. The highest BCUT2D eigenvalue weighted by molar-refractivity contribution is 5.87. The topological polar surface area (TPSA) is 100 Å². The Morgan fingerprint density at radius 3 is 2.65 bits per heavy atom. The van der Waals surface area contributed by atoms with Gasteiger partial charge >= 0.3 is 0 Å². The highest BCUT2D eigenvalue weighted by atomic mass is 16.1. The van der Waals surface area contributed by atoms with Crippen molar-refractivity contribution < 1.29 is 4.79 Å². The van der Waals surface area contributed by atoms with Gasteiger partial charge in [0.05, 0.1) is 22.8 Å². The van der Waals surface area contributed by atoms with Gasteiger partial charge in [-0.3, -0.25) is 9.89 Å². The van der Waals surface area contributed by atoms with Crippen molar-refractivity contribution in [1.29, 1.82) is 0 Å². The van der Waals surface area contributed by atoms with Crippen LogP contribution in [-0.2, 0) is 12.8 Å². The molecule has 0 aliphatic heterocycles. The van der Waals surface area contributed by atoms with Crippen LogP contribution < -0.4 is 5.73 Å². The van der Waals surface area contributed by atoms with Gasteiger partial charge in [0.2, 0.25) is 0 Å². The van der Waals surface area contributed by atoms with E-state index in [1.165, 1.54) is 36.6 Å². The summed E-state index contributed by atoms with van der Waals surface area (Å²) in [5.41, 5.74) is 11.1. The van der Waals surface area contributed by atoms with E-state index in [1.807, 2.05) is 0 Å². The standard InChI is InChI=1S/C14H12N4O.C3H7N/c19-7-10-6-15-18-13(10)14-16-11-4-8-2-1-3-9(8)5-12(11)17-14;4-3-1-2-3/h4-7H,1-3H2,(H,15,18)(H,16,17);3H,1-2,4H2. The molecular formula is C17H19N5O. The molecule has 0 saturated heterocycles. The van der Waals surface area contributed by atoms with Crippen molar-refractivity contribution in [2.75, 3.05) is 0 Å². The molecule has 2 heterocycles. The van der Waals surface area contributed by atoms with E-state index >= 15 is 0 Å². The lowest BCUT2D eigenvalue weighted by atomic mass is 10.1. The number of H-pyrrole nitrogens is 2. The van der Waals surface area contributed by atoms with E-state index in [1.54, 1.807) is 0 Å². The second kappa shape index (κ2) is 5.62. The number of fused-ring (bicyclic) bond motifs is 2. The number of nitrogens with two attached hydrogens (primary N) is 1. The van der Waals surface area contributed by atoms with Gasteiger partial charge in [0, 0.05) is 6.04 Å². The second-order valence-corrected chi connectivity index (χ2v) is 6.23. The van der Waals surface area contributed by atoms with Crippen molar-refractivity contribution in [2.24, 2.45) is 5.73 Å². The Bertz CT molecular complexity index is 818. The maximum Gasteiger partial charge on any atom is 0.157 e. The molecule has 118 valence electrons. The van der Waals surface area contributed by atoms with Crippen LogP contribution in [0.1, 0.15) is 40.7 Å². The molecule has 6 heteroatoms. The maximum absolute atomic E-state index is 10.9. The third kappa shape index (κ3) is 2.77. The lowest BCUT2D eigenvalue weighted by Crippen LogP contribution is -1.94. The average molecular weight is 309 g/mol. The lowest BCUT2D eigenvalue weighted by molar-refractivity contribution is 0.112. The monoisotopic (exact) mass is 309 g/mol. The second-order valence-electron chi connectivity index (χ2n) is 6.23. The molecule has 5 rings (SSSR count). The van der Waals surface area contributed by atoms with Crippen LogP contribution in [0.2, 0.25) is 0 Å². The number of aromatic amines is 2. The van der Waals surface area contributed by atoms with Crippen LogP contribution in [-0.4, -0.2) is 32.5 Å². The molecule has 0 amide bonds. The lowest BCUT2D eigenvalue weighted by Gasteiger charge is -1.96. The Labute approximate surface area is 133 Å². The van der Waals surface area contributed by atoms with Crippen molar-refractivity contribution in [3.05, 3.63) is 35.0 Å². The molecule has 23 heavy (non-hydrogen) atoms. The number of aldehydes is 1. The smallest absolute Gasteiger partial charge is 0.157 e. The Balaban J connectivity index is 0.000000297. The number of aryl methyl sites for hydroxylation is 2. The molecule has 3 aromatic rings. The van der Waals surface area contributed by atoms with Gasteiger partial charge < -0.3 is 10.7 Å². The number of rotatable bonds is 2. The van der Waals surface area contributed by atoms with Crippen LogP contribution in [0.5, 0.6) is 0 Å². The maximum atomic E-state index is 10.9.